The second-order valence-corrected chi connectivity index (χ2v) is 18.4. The van der Waals surface area contributed by atoms with E-state index in [2.05, 4.69) is 254 Å². The molecule has 344 valence electrons. The van der Waals surface area contributed by atoms with Crippen LogP contribution < -0.4 is 0 Å². The van der Waals surface area contributed by atoms with Gasteiger partial charge in [0, 0.05) is 16.5 Å². The van der Waals surface area contributed by atoms with Crippen LogP contribution in [0.25, 0.3) is 77.6 Å². The van der Waals surface area contributed by atoms with E-state index < -0.39 is 0 Å². The molecular weight excluding hydrogens is 843 g/mol. The molecule has 2 aliphatic rings. The van der Waals surface area contributed by atoms with Crippen molar-refractivity contribution < 1.29 is 0 Å². The van der Waals surface area contributed by atoms with Crippen LogP contribution in [-0.4, -0.2) is 4.57 Å². The Hall–Kier alpha value is -8.18. The van der Waals surface area contributed by atoms with Crippen molar-refractivity contribution >= 4 is 33.1 Å². The van der Waals surface area contributed by atoms with Gasteiger partial charge in [0.2, 0.25) is 0 Å². The van der Waals surface area contributed by atoms with Crippen LogP contribution in [0.1, 0.15) is 70.8 Å². The minimum atomic E-state index is 1.03. The van der Waals surface area contributed by atoms with Crippen molar-refractivity contribution in [1.82, 2.24) is 4.57 Å². The van der Waals surface area contributed by atoms with Gasteiger partial charge in [0.05, 0.1) is 11.0 Å². The van der Waals surface area contributed by atoms with Crippen LogP contribution in [0.5, 0.6) is 0 Å². The average Bonchev–Trinajstić information content (AvgIpc) is 4.08. The predicted octanol–water partition coefficient (Wildman–Crippen LogP) is 18.6. The van der Waals surface area contributed by atoms with Gasteiger partial charge in [-0.1, -0.05) is 207 Å². The molecule has 0 radical (unpaired) electrons. The molecule has 0 N–H and O–H groups in total. The molecule has 70 heavy (non-hydrogen) atoms. The first kappa shape index (κ1) is 48.3. The zero-order chi connectivity index (χ0) is 49.3. The Labute approximate surface area is 417 Å². The lowest BCUT2D eigenvalue weighted by Crippen LogP contribution is -1.91. The van der Waals surface area contributed by atoms with Crippen molar-refractivity contribution in [2.75, 3.05) is 0 Å². The lowest BCUT2D eigenvalue weighted by molar-refractivity contribution is 1.14. The fourth-order valence-corrected chi connectivity index (χ4v) is 10.2. The average molecular weight is 906 g/mol. The second-order valence-electron chi connectivity index (χ2n) is 18.4. The molecule has 9 aromatic carbocycles. The maximum atomic E-state index is 4.20. The highest BCUT2D eigenvalue weighted by Crippen LogP contribution is 2.42. The van der Waals surface area contributed by atoms with Crippen molar-refractivity contribution in [1.29, 1.82) is 0 Å². The number of para-hydroxylation sites is 1. The van der Waals surface area contributed by atoms with Crippen LogP contribution in [0, 0.1) is 33.6 Å². The summed E-state index contributed by atoms with van der Waals surface area (Å²) < 4.78 is 2.25. The maximum Gasteiger partial charge on any atom is 0.0537 e. The van der Waals surface area contributed by atoms with E-state index in [1.54, 1.807) is 0 Å². The summed E-state index contributed by atoms with van der Waals surface area (Å²) in [4.78, 5) is 0. The summed E-state index contributed by atoms with van der Waals surface area (Å²) in [5.74, 6) is 0. The number of hydrogen-bond acceptors (Lipinski definition) is 0. The Morgan fingerprint density at radius 1 is 0.457 bits per heavy atom. The van der Waals surface area contributed by atoms with Gasteiger partial charge in [-0.15, -0.1) is 12.8 Å². The van der Waals surface area contributed by atoms with Crippen molar-refractivity contribution in [3.63, 3.8) is 0 Å². The molecule has 0 spiro atoms. The molecule has 1 heteroatoms. The largest absolute Gasteiger partial charge is 0.314 e. The number of hydrogen-bond donors (Lipinski definition) is 0. The highest BCUT2D eigenvalue weighted by molar-refractivity contribution is 6.11. The lowest BCUT2D eigenvalue weighted by Gasteiger charge is -2.12. The van der Waals surface area contributed by atoms with E-state index in [4.69, 9.17) is 0 Å². The zero-order valence-electron chi connectivity index (χ0n) is 41.7. The maximum absolute atomic E-state index is 4.20. The van der Waals surface area contributed by atoms with Gasteiger partial charge in [-0.05, 0) is 167 Å². The Morgan fingerprint density at radius 3 is 1.60 bits per heavy atom. The van der Waals surface area contributed by atoms with E-state index in [9.17, 15) is 0 Å². The monoisotopic (exact) mass is 905 g/mol. The molecule has 0 saturated carbocycles. The first-order valence-corrected chi connectivity index (χ1v) is 24.4. The summed E-state index contributed by atoms with van der Waals surface area (Å²) >= 11 is 0. The SMILES string of the molecule is C#C.C=C(C)c1cccc2c1-c1ccccc1C2.C=C(C)n1c2ccccc2c2cc(-c3ccc(C)c(-c4ccccc4C)c3)ccc21.CCc1cccc2c1-c1ccccc1C2.Cc1ccccc1. The fraction of sp³-hybridized carbons (Fsp3) is 0.130. The Balaban J connectivity index is 0.000000138. The second kappa shape index (κ2) is 21.8. The van der Waals surface area contributed by atoms with Crippen molar-refractivity contribution in [2.45, 2.75) is 60.8 Å². The highest BCUT2D eigenvalue weighted by Gasteiger charge is 2.21. The number of rotatable bonds is 5. The van der Waals surface area contributed by atoms with Crippen molar-refractivity contribution in [2.24, 2.45) is 0 Å². The van der Waals surface area contributed by atoms with Crippen LogP contribution in [0.4, 0.5) is 0 Å². The molecule has 10 aromatic rings. The van der Waals surface area contributed by atoms with Crippen LogP contribution in [0.15, 0.2) is 213 Å². The number of aromatic nitrogens is 1. The molecule has 0 aliphatic heterocycles. The van der Waals surface area contributed by atoms with Crippen molar-refractivity contribution in [3.05, 3.63) is 263 Å². The predicted molar refractivity (Wildman–Crippen MR) is 305 cm³/mol. The van der Waals surface area contributed by atoms with Gasteiger partial charge in [-0.3, -0.25) is 0 Å². The van der Waals surface area contributed by atoms with E-state index in [-0.39, 0.29) is 0 Å². The molecule has 1 aromatic heterocycles. The summed E-state index contributed by atoms with van der Waals surface area (Å²) in [6.07, 6.45) is 11.3. The van der Waals surface area contributed by atoms with Crippen LogP contribution in [0.3, 0.4) is 0 Å². The van der Waals surface area contributed by atoms with Gasteiger partial charge in [0.1, 0.15) is 0 Å². The van der Waals surface area contributed by atoms with Gasteiger partial charge in [0.15, 0.2) is 0 Å². The van der Waals surface area contributed by atoms with Crippen LogP contribution in [0.2, 0.25) is 0 Å². The fourth-order valence-electron chi connectivity index (χ4n) is 10.2. The summed E-state index contributed by atoms with van der Waals surface area (Å²) in [6.45, 7) is 21.1. The molecule has 1 nitrogen and oxygen atoms in total. The van der Waals surface area contributed by atoms with Crippen molar-refractivity contribution in [3.8, 4) is 57.4 Å². The number of benzene rings is 9. The lowest BCUT2D eigenvalue weighted by atomic mass is 9.92. The minimum Gasteiger partial charge on any atom is -0.314 e. The summed E-state index contributed by atoms with van der Waals surface area (Å²) in [5.41, 5.74) is 28.0. The minimum absolute atomic E-state index is 1.03. The highest BCUT2D eigenvalue weighted by atomic mass is 15.0. The molecule has 2 aliphatic carbocycles. The third-order valence-electron chi connectivity index (χ3n) is 13.6. The van der Waals surface area contributed by atoms with E-state index in [1.807, 2.05) is 18.2 Å². The molecule has 0 unspecified atom stereocenters. The summed E-state index contributed by atoms with van der Waals surface area (Å²) in [6, 6.07) is 71.7. The Morgan fingerprint density at radius 2 is 0.971 bits per heavy atom. The van der Waals surface area contributed by atoms with E-state index in [0.29, 0.717) is 0 Å². The third kappa shape index (κ3) is 10.0. The molecule has 0 atom stereocenters. The number of fused-ring (bicyclic) bond motifs is 9. The number of terminal acetylenes is 1. The van der Waals surface area contributed by atoms with E-state index >= 15 is 0 Å². The quantitative estimate of drug-likeness (QED) is 0.152. The number of aryl methyl sites for hydroxylation is 4. The smallest absolute Gasteiger partial charge is 0.0537 e. The van der Waals surface area contributed by atoms with Crippen LogP contribution in [-0.2, 0) is 19.3 Å². The topological polar surface area (TPSA) is 4.93 Å². The summed E-state index contributed by atoms with van der Waals surface area (Å²) in [7, 11) is 0. The Bertz CT molecular complexity index is 3520. The number of nitrogens with zero attached hydrogens (tertiary/aromatic N) is 1. The molecule has 0 amide bonds. The molecule has 0 saturated heterocycles. The van der Waals surface area contributed by atoms with Gasteiger partial charge in [0.25, 0.3) is 0 Å². The normalized spacial score (nSPS) is 11.1. The van der Waals surface area contributed by atoms with E-state index in [1.165, 1.54) is 116 Å². The molecule has 1 heterocycles. The third-order valence-corrected chi connectivity index (χ3v) is 13.6. The first-order valence-electron chi connectivity index (χ1n) is 24.4. The van der Waals surface area contributed by atoms with Gasteiger partial charge >= 0.3 is 0 Å². The number of allylic oxidation sites excluding steroid dienone is 2. The molecule has 12 rings (SSSR count). The van der Waals surface area contributed by atoms with Gasteiger partial charge in [-0.25, -0.2) is 0 Å². The van der Waals surface area contributed by atoms with Crippen LogP contribution >= 0.6 is 0 Å². The first-order chi connectivity index (χ1) is 34.1. The summed E-state index contributed by atoms with van der Waals surface area (Å²) in [5, 5.41) is 2.53. The van der Waals surface area contributed by atoms with Gasteiger partial charge in [-0.2, -0.15) is 0 Å². The van der Waals surface area contributed by atoms with Gasteiger partial charge < -0.3 is 4.57 Å². The van der Waals surface area contributed by atoms with E-state index in [0.717, 1.165) is 30.5 Å². The standard InChI is InChI=1S/C29H25N.C16H14.C15H14.C7H8.C2H2/c1-19(2)30-28-12-8-7-11-25(28)27-18-23(15-16-29(27)30)22-14-13-21(4)26(17-22)24-10-6-5-9-20(24)3;1-11(2)14-9-5-7-13-10-12-6-3-4-8-15(12)16(13)14;1-2-11-7-5-8-13-10-12-6-3-4-9-14(12)15(11)13;1-7-5-3-2-4-6-7;1-2/h5-18H,1H2,2-4H3;3-9H,1,10H2,2H3;3-9H,2,10H2,1H3;2-6H,1H3;1-2H. The molecule has 0 fully saturated rings. The molecular formula is C69H63N. The zero-order valence-corrected chi connectivity index (χ0v) is 41.7. The molecule has 0 bridgehead atoms. The Kier molecular flexibility index (Phi) is 15.1.